The van der Waals surface area contributed by atoms with E-state index in [1.165, 1.54) is 64.5 Å². The van der Waals surface area contributed by atoms with Crippen molar-refractivity contribution in [2.75, 3.05) is 20.1 Å². The SMILES string of the molecule is CCC(CC)CNCCC1(NC)CCCCC1. The second-order valence-corrected chi connectivity index (χ2v) is 5.73. The first kappa shape index (κ1) is 15.0. The Morgan fingerprint density at radius 1 is 1.06 bits per heavy atom. The molecule has 0 amide bonds. The zero-order chi connectivity index (χ0) is 12.6. The highest BCUT2D eigenvalue weighted by atomic mass is 15.0. The van der Waals surface area contributed by atoms with E-state index < -0.39 is 0 Å². The van der Waals surface area contributed by atoms with Gasteiger partial charge in [-0.2, -0.15) is 0 Å². The average molecular weight is 240 g/mol. The summed E-state index contributed by atoms with van der Waals surface area (Å²) in [4.78, 5) is 0. The summed E-state index contributed by atoms with van der Waals surface area (Å²) < 4.78 is 0. The van der Waals surface area contributed by atoms with Crippen molar-refractivity contribution in [2.45, 2.75) is 70.8 Å². The fourth-order valence-corrected chi connectivity index (χ4v) is 3.06. The monoisotopic (exact) mass is 240 g/mol. The second kappa shape index (κ2) is 8.10. The summed E-state index contributed by atoms with van der Waals surface area (Å²) in [7, 11) is 2.15. The first-order chi connectivity index (χ1) is 8.26. The van der Waals surface area contributed by atoms with Crippen LogP contribution in [0.3, 0.4) is 0 Å². The Balaban J connectivity index is 2.19. The molecule has 0 aromatic rings. The van der Waals surface area contributed by atoms with E-state index in [-0.39, 0.29) is 0 Å². The fraction of sp³-hybridized carbons (Fsp3) is 1.00. The number of nitrogens with one attached hydrogen (secondary N) is 2. The smallest absolute Gasteiger partial charge is 0.0190 e. The third kappa shape index (κ3) is 4.97. The average Bonchev–Trinajstić information content (AvgIpc) is 2.40. The Morgan fingerprint density at radius 2 is 1.71 bits per heavy atom. The van der Waals surface area contributed by atoms with Gasteiger partial charge >= 0.3 is 0 Å². The highest BCUT2D eigenvalue weighted by Crippen LogP contribution is 2.30. The Kier molecular flexibility index (Phi) is 7.14. The number of hydrogen-bond donors (Lipinski definition) is 2. The standard InChI is InChI=1S/C15H32N2/c1-4-14(5-2)13-17-12-11-15(16-3)9-7-6-8-10-15/h14,16-17H,4-13H2,1-3H3. The highest BCUT2D eigenvalue weighted by Gasteiger charge is 2.29. The van der Waals surface area contributed by atoms with Crippen LogP contribution < -0.4 is 10.6 Å². The lowest BCUT2D eigenvalue weighted by molar-refractivity contribution is 0.226. The molecule has 2 nitrogen and oxygen atoms in total. The molecule has 0 aliphatic heterocycles. The zero-order valence-corrected chi connectivity index (χ0v) is 12.1. The zero-order valence-electron chi connectivity index (χ0n) is 12.1. The van der Waals surface area contributed by atoms with Crippen molar-refractivity contribution in [1.29, 1.82) is 0 Å². The van der Waals surface area contributed by atoms with Crippen molar-refractivity contribution in [3.8, 4) is 0 Å². The van der Waals surface area contributed by atoms with Crippen molar-refractivity contribution < 1.29 is 0 Å². The van der Waals surface area contributed by atoms with Crippen LogP contribution in [0, 0.1) is 5.92 Å². The summed E-state index contributed by atoms with van der Waals surface area (Å²) in [5.41, 5.74) is 0.444. The van der Waals surface area contributed by atoms with Crippen molar-refractivity contribution in [3.63, 3.8) is 0 Å². The third-order valence-electron chi connectivity index (χ3n) is 4.71. The van der Waals surface area contributed by atoms with Crippen LogP contribution in [-0.4, -0.2) is 25.7 Å². The topological polar surface area (TPSA) is 24.1 Å². The Hall–Kier alpha value is -0.0800. The molecular formula is C15H32N2. The molecule has 0 aromatic carbocycles. The lowest BCUT2D eigenvalue weighted by Crippen LogP contribution is -2.46. The van der Waals surface area contributed by atoms with Crippen LogP contribution >= 0.6 is 0 Å². The molecule has 2 N–H and O–H groups in total. The maximum absolute atomic E-state index is 3.65. The van der Waals surface area contributed by atoms with E-state index in [4.69, 9.17) is 0 Å². The maximum atomic E-state index is 3.65. The lowest BCUT2D eigenvalue weighted by atomic mass is 9.79. The molecule has 1 aliphatic rings. The van der Waals surface area contributed by atoms with Crippen molar-refractivity contribution in [2.24, 2.45) is 5.92 Å². The van der Waals surface area contributed by atoms with Gasteiger partial charge in [-0.3, -0.25) is 0 Å². The van der Waals surface area contributed by atoms with E-state index in [0.29, 0.717) is 5.54 Å². The van der Waals surface area contributed by atoms with E-state index in [1.54, 1.807) is 0 Å². The summed E-state index contributed by atoms with van der Waals surface area (Å²) in [5, 5.41) is 7.25. The van der Waals surface area contributed by atoms with E-state index >= 15 is 0 Å². The quantitative estimate of drug-likeness (QED) is 0.636. The third-order valence-corrected chi connectivity index (χ3v) is 4.71. The predicted molar refractivity (Wildman–Crippen MR) is 76.4 cm³/mol. The summed E-state index contributed by atoms with van der Waals surface area (Å²) in [6.07, 6.45) is 10.9. The van der Waals surface area contributed by atoms with Gasteiger partial charge in [0, 0.05) is 5.54 Å². The molecule has 0 bridgehead atoms. The minimum Gasteiger partial charge on any atom is -0.316 e. The number of hydrogen-bond acceptors (Lipinski definition) is 2. The molecule has 1 fully saturated rings. The van der Waals surface area contributed by atoms with Crippen molar-refractivity contribution in [1.82, 2.24) is 10.6 Å². The molecule has 0 aromatic heterocycles. The minimum absolute atomic E-state index is 0.444. The lowest BCUT2D eigenvalue weighted by Gasteiger charge is -2.37. The van der Waals surface area contributed by atoms with Crippen LogP contribution in [0.1, 0.15) is 65.2 Å². The molecule has 1 saturated carbocycles. The van der Waals surface area contributed by atoms with Gasteiger partial charge in [-0.25, -0.2) is 0 Å². The van der Waals surface area contributed by atoms with E-state index in [0.717, 1.165) is 5.92 Å². The Bertz CT molecular complexity index is 181. The van der Waals surface area contributed by atoms with Gasteiger partial charge in [-0.1, -0.05) is 46.0 Å². The van der Waals surface area contributed by atoms with Crippen LogP contribution in [0.15, 0.2) is 0 Å². The molecule has 0 atom stereocenters. The van der Waals surface area contributed by atoms with Gasteiger partial charge < -0.3 is 10.6 Å². The van der Waals surface area contributed by atoms with Gasteiger partial charge in [-0.05, 0) is 45.3 Å². The number of rotatable bonds is 8. The first-order valence-electron chi connectivity index (χ1n) is 7.66. The predicted octanol–water partition coefficient (Wildman–Crippen LogP) is 3.32. The second-order valence-electron chi connectivity index (χ2n) is 5.73. The molecular weight excluding hydrogens is 208 g/mol. The fourth-order valence-electron chi connectivity index (χ4n) is 3.06. The highest BCUT2D eigenvalue weighted by molar-refractivity contribution is 4.90. The largest absolute Gasteiger partial charge is 0.316 e. The summed E-state index contributed by atoms with van der Waals surface area (Å²) in [5.74, 6) is 0.867. The van der Waals surface area contributed by atoms with Crippen LogP contribution in [0.25, 0.3) is 0 Å². The molecule has 0 saturated heterocycles. The van der Waals surface area contributed by atoms with Gasteiger partial charge in [0.2, 0.25) is 0 Å². The van der Waals surface area contributed by atoms with E-state index in [2.05, 4.69) is 31.5 Å². The summed E-state index contributed by atoms with van der Waals surface area (Å²) in [6.45, 7) is 6.97. The van der Waals surface area contributed by atoms with Gasteiger partial charge in [0.1, 0.15) is 0 Å². The molecule has 0 unspecified atom stereocenters. The van der Waals surface area contributed by atoms with Crippen LogP contribution in [0.5, 0.6) is 0 Å². The van der Waals surface area contributed by atoms with Crippen LogP contribution in [0.2, 0.25) is 0 Å². The minimum atomic E-state index is 0.444. The molecule has 2 heteroatoms. The normalized spacial score (nSPS) is 19.8. The molecule has 1 aliphatic carbocycles. The first-order valence-corrected chi connectivity index (χ1v) is 7.66. The van der Waals surface area contributed by atoms with Crippen molar-refractivity contribution in [3.05, 3.63) is 0 Å². The molecule has 102 valence electrons. The molecule has 17 heavy (non-hydrogen) atoms. The van der Waals surface area contributed by atoms with Crippen LogP contribution in [-0.2, 0) is 0 Å². The molecule has 0 heterocycles. The van der Waals surface area contributed by atoms with Gasteiger partial charge in [0.15, 0.2) is 0 Å². The Morgan fingerprint density at radius 3 is 2.24 bits per heavy atom. The van der Waals surface area contributed by atoms with E-state index in [1.807, 2.05) is 0 Å². The molecule has 0 spiro atoms. The molecule has 0 radical (unpaired) electrons. The van der Waals surface area contributed by atoms with Gasteiger partial charge in [0.05, 0.1) is 0 Å². The van der Waals surface area contributed by atoms with Gasteiger partial charge in [-0.15, -0.1) is 0 Å². The van der Waals surface area contributed by atoms with Crippen LogP contribution in [0.4, 0.5) is 0 Å². The maximum Gasteiger partial charge on any atom is 0.0190 e. The summed E-state index contributed by atoms with van der Waals surface area (Å²) in [6, 6.07) is 0. The van der Waals surface area contributed by atoms with Crippen molar-refractivity contribution >= 4 is 0 Å². The Labute approximate surface area is 108 Å². The summed E-state index contributed by atoms with van der Waals surface area (Å²) >= 11 is 0. The van der Waals surface area contributed by atoms with E-state index in [9.17, 15) is 0 Å². The molecule has 1 rings (SSSR count). The van der Waals surface area contributed by atoms with Gasteiger partial charge in [0.25, 0.3) is 0 Å².